The highest BCUT2D eigenvalue weighted by Crippen LogP contribution is 2.11. The zero-order chi connectivity index (χ0) is 10.4. The van der Waals surface area contributed by atoms with Crippen LogP contribution in [-0.4, -0.2) is 68.7 Å². The number of cyclic esters (lactones) is 1. The normalized spacial score (nSPS) is 27.4. The van der Waals surface area contributed by atoms with E-state index in [1.807, 2.05) is 0 Å². The first-order valence-corrected chi connectivity index (χ1v) is 4.83. The van der Waals surface area contributed by atoms with Gasteiger partial charge in [0.2, 0.25) is 0 Å². The standard InChI is InChI=1S/C9H18NO4/c1-13-6-3-10(2-5-11)4-7-14-9(12)8-10/h11H,2-8H2,1H3/q+1. The summed E-state index contributed by atoms with van der Waals surface area (Å²) in [7, 11) is 1.64. The summed E-state index contributed by atoms with van der Waals surface area (Å²) in [6.07, 6.45) is 0. The molecule has 0 aromatic heterocycles. The molecule has 1 unspecified atom stereocenters. The maximum atomic E-state index is 11.2. The molecule has 1 N–H and O–H groups in total. The van der Waals surface area contributed by atoms with Gasteiger partial charge in [-0.15, -0.1) is 0 Å². The number of esters is 1. The number of quaternary nitrogens is 1. The third-order valence-corrected chi connectivity index (χ3v) is 2.64. The Morgan fingerprint density at radius 1 is 1.57 bits per heavy atom. The molecule has 82 valence electrons. The third kappa shape index (κ3) is 2.94. The van der Waals surface area contributed by atoms with Crippen molar-refractivity contribution in [2.45, 2.75) is 0 Å². The summed E-state index contributed by atoms with van der Waals surface area (Å²) in [5.41, 5.74) is 0. The van der Waals surface area contributed by atoms with Gasteiger partial charge >= 0.3 is 5.97 Å². The summed E-state index contributed by atoms with van der Waals surface area (Å²) >= 11 is 0. The molecule has 0 saturated carbocycles. The molecule has 0 aliphatic carbocycles. The molecule has 1 atom stereocenters. The van der Waals surface area contributed by atoms with E-state index in [0.717, 1.165) is 13.1 Å². The van der Waals surface area contributed by atoms with E-state index in [1.165, 1.54) is 0 Å². The fraction of sp³-hybridized carbons (Fsp3) is 0.889. The van der Waals surface area contributed by atoms with Gasteiger partial charge in [0.25, 0.3) is 0 Å². The molecule has 0 aromatic rings. The highest BCUT2D eigenvalue weighted by atomic mass is 16.5. The molecule has 1 heterocycles. The van der Waals surface area contributed by atoms with Crippen molar-refractivity contribution in [3.05, 3.63) is 0 Å². The first kappa shape index (κ1) is 11.4. The van der Waals surface area contributed by atoms with Crippen LogP contribution in [0, 0.1) is 0 Å². The summed E-state index contributed by atoms with van der Waals surface area (Å²) in [4.78, 5) is 11.2. The topological polar surface area (TPSA) is 55.8 Å². The molecule has 1 aliphatic heterocycles. The Labute approximate surface area is 83.8 Å². The minimum Gasteiger partial charge on any atom is -0.456 e. The van der Waals surface area contributed by atoms with Crippen molar-refractivity contribution < 1.29 is 23.9 Å². The van der Waals surface area contributed by atoms with E-state index in [0.29, 0.717) is 30.8 Å². The number of morpholine rings is 1. The second-order valence-corrected chi connectivity index (χ2v) is 3.61. The van der Waals surface area contributed by atoms with Gasteiger partial charge in [0.15, 0.2) is 6.54 Å². The quantitative estimate of drug-likeness (QED) is 0.461. The maximum absolute atomic E-state index is 11.2. The maximum Gasteiger partial charge on any atom is 0.362 e. The first-order valence-electron chi connectivity index (χ1n) is 4.83. The summed E-state index contributed by atoms with van der Waals surface area (Å²) < 4.78 is 10.5. The number of ether oxygens (including phenoxy) is 2. The van der Waals surface area contributed by atoms with Gasteiger partial charge < -0.3 is 19.1 Å². The van der Waals surface area contributed by atoms with E-state index in [4.69, 9.17) is 14.6 Å². The average molecular weight is 204 g/mol. The Morgan fingerprint density at radius 3 is 2.93 bits per heavy atom. The van der Waals surface area contributed by atoms with Crippen LogP contribution in [0.5, 0.6) is 0 Å². The van der Waals surface area contributed by atoms with E-state index < -0.39 is 0 Å². The Hall–Kier alpha value is -0.650. The fourth-order valence-electron chi connectivity index (χ4n) is 1.74. The van der Waals surface area contributed by atoms with Crippen molar-refractivity contribution >= 4 is 5.97 Å². The molecule has 5 heteroatoms. The molecule has 14 heavy (non-hydrogen) atoms. The second-order valence-electron chi connectivity index (χ2n) is 3.61. The van der Waals surface area contributed by atoms with Crippen LogP contribution in [0.4, 0.5) is 0 Å². The van der Waals surface area contributed by atoms with Crippen LogP contribution < -0.4 is 0 Å². The van der Waals surface area contributed by atoms with Crippen LogP contribution in [0.2, 0.25) is 0 Å². The Bertz CT molecular complexity index is 193. The molecule has 5 nitrogen and oxygen atoms in total. The highest BCUT2D eigenvalue weighted by molar-refractivity contribution is 5.71. The predicted octanol–water partition coefficient (Wildman–Crippen LogP) is -1.00. The number of carbonyl (C=O) groups excluding carboxylic acids is 1. The lowest BCUT2D eigenvalue weighted by atomic mass is 10.3. The van der Waals surface area contributed by atoms with E-state index >= 15 is 0 Å². The predicted molar refractivity (Wildman–Crippen MR) is 49.6 cm³/mol. The van der Waals surface area contributed by atoms with Crippen molar-refractivity contribution in [3.63, 3.8) is 0 Å². The van der Waals surface area contributed by atoms with Gasteiger partial charge in [-0.1, -0.05) is 0 Å². The lowest BCUT2D eigenvalue weighted by Crippen LogP contribution is -2.59. The van der Waals surface area contributed by atoms with Gasteiger partial charge in [-0.3, -0.25) is 0 Å². The van der Waals surface area contributed by atoms with Crippen molar-refractivity contribution in [2.75, 3.05) is 53.1 Å². The smallest absolute Gasteiger partial charge is 0.362 e. The zero-order valence-corrected chi connectivity index (χ0v) is 8.57. The van der Waals surface area contributed by atoms with Gasteiger partial charge in [-0.05, 0) is 0 Å². The average Bonchev–Trinajstić information content (AvgIpc) is 2.15. The molecule has 0 bridgehead atoms. The van der Waals surface area contributed by atoms with Gasteiger partial charge in [0.05, 0.1) is 13.2 Å². The number of nitrogens with zero attached hydrogens (tertiary/aromatic N) is 1. The van der Waals surface area contributed by atoms with E-state index in [9.17, 15) is 4.79 Å². The Morgan fingerprint density at radius 2 is 2.36 bits per heavy atom. The fourth-order valence-corrected chi connectivity index (χ4v) is 1.74. The number of hydrogen-bond donors (Lipinski definition) is 1. The molecule has 0 radical (unpaired) electrons. The summed E-state index contributed by atoms with van der Waals surface area (Å²) in [6, 6.07) is 0. The van der Waals surface area contributed by atoms with Crippen LogP contribution in [0.15, 0.2) is 0 Å². The SMILES string of the molecule is COCC[N+]1(CCO)CCOC(=O)C1. The van der Waals surface area contributed by atoms with Gasteiger partial charge in [-0.2, -0.15) is 0 Å². The summed E-state index contributed by atoms with van der Waals surface area (Å²) in [6.45, 7) is 3.62. The molecule has 1 aliphatic rings. The number of aliphatic hydroxyl groups is 1. The van der Waals surface area contributed by atoms with E-state index in [-0.39, 0.29) is 12.6 Å². The van der Waals surface area contributed by atoms with Gasteiger partial charge in [-0.25, -0.2) is 4.79 Å². The number of aliphatic hydroxyl groups excluding tert-OH is 1. The number of methoxy groups -OCH3 is 1. The van der Waals surface area contributed by atoms with Crippen molar-refractivity contribution in [2.24, 2.45) is 0 Å². The minimum absolute atomic E-state index is 0.0942. The molecule has 1 fully saturated rings. The highest BCUT2D eigenvalue weighted by Gasteiger charge is 2.34. The molecular weight excluding hydrogens is 186 g/mol. The van der Waals surface area contributed by atoms with Crippen molar-refractivity contribution in [1.29, 1.82) is 0 Å². The Kier molecular flexibility index (Phi) is 4.31. The second kappa shape index (κ2) is 5.29. The Balaban J connectivity index is 2.54. The number of rotatable bonds is 5. The van der Waals surface area contributed by atoms with Crippen molar-refractivity contribution in [3.8, 4) is 0 Å². The molecule has 0 amide bonds. The van der Waals surface area contributed by atoms with Crippen molar-refractivity contribution in [1.82, 2.24) is 0 Å². The van der Waals surface area contributed by atoms with Crippen LogP contribution >= 0.6 is 0 Å². The summed E-state index contributed by atoms with van der Waals surface area (Å²) in [5, 5.41) is 8.96. The van der Waals surface area contributed by atoms with E-state index in [2.05, 4.69) is 0 Å². The zero-order valence-electron chi connectivity index (χ0n) is 8.57. The van der Waals surface area contributed by atoms with E-state index in [1.54, 1.807) is 7.11 Å². The van der Waals surface area contributed by atoms with Crippen LogP contribution in [-0.2, 0) is 14.3 Å². The molecule has 1 rings (SSSR count). The van der Waals surface area contributed by atoms with Crippen LogP contribution in [0.3, 0.4) is 0 Å². The van der Waals surface area contributed by atoms with Gasteiger partial charge in [0, 0.05) is 7.11 Å². The van der Waals surface area contributed by atoms with Gasteiger partial charge in [0.1, 0.15) is 26.2 Å². The molecule has 0 aromatic carbocycles. The molecule has 0 spiro atoms. The largest absolute Gasteiger partial charge is 0.456 e. The molecule has 1 saturated heterocycles. The number of hydrogen-bond acceptors (Lipinski definition) is 4. The minimum atomic E-state index is -0.180. The third-order valence-electron chi connectivity index (χ3n) is 2.64. The lowest BCUT2D eigenvalue weighted by molar-refractivity contribution is -0.926. The number of carbonyl (C=O) groups is 1. The van der Waals surface area contributed by atoms with Crippen LogP contribution in [0.1, 0.15) is 0 Å². The lowest BCUT2D eigenvalue weighted by Gasteiger charge is -2.39. The summed E-state index contributed by atoms with van der Waals surface area (Å²) in [5.74, 6) is -0.180. The first-order chi connectivity index (χ1) is 6.72. The van der Waals surface area contributed by atoms with Crippen LogP contribution in [0.25, 0.3) is 0 Å². The molecular formula is C9H18NO4+. The monoisotopic (exact) mass is 204 g/mol.